The topological polar surface area (TPSA) is 104 Å². The van der Waals surface area contributed by atoms with Crippen molar-refractivity contribution in [2.24, 2.45) is 0 Å². The SMILES string of the molecule is O=C(O)CCc1cc(NS(=O)(=O)c2cccs2)c2ccccc2c1O. The molecule has 0 saturated heterocycles. The summed E-state index contributed by atoms with van der Waals surface area (Å²) in [4.78, 5) is 10.8. The molecule has 6 nitrogen and oxygen atoms in total. The zero-order valence-corrected chi connectivity index (χ0v) is 14.6. The lowest BCUT2D eigenvalue weighted by Gasteiger charge is -2.14. The second-order valence-electron chi connectivity index (χ2n) is 5.41. The van der Waals surface area contributed by atoms with Crippen molar-refractivity contribution < 1.29 is 23.4 Å². The predicted octanol–water partition coefficient (Wildman–Crippen LogP) is 3.42. The van der Waals surface area contributed by atoms with Gasteiger partial charge in [-0.1, -0.05) is 30.3 Å². The lowest BCUT2D eigenvalue weighted by Crippen LogP contribution is -2.12. The van der Waals surface area contributed by atoms with Gasteiger partial charge in [0.1, 0.15) is 9.96 Å². The maximum Gasteiger partial charge on any atom is 0.303 e. The third-order valence-electron chi connectivity index (χ3n) is 3.71. The van der Waals surface area contributed by atoms with Crippen LogP contribution >= 0.6 is 11.3 Å². The Labute approximate surface area is 148 Å². The molecule has 130 valence electrons. The molecule has 0 spiro atoms. The van der Waals surface area contributed by atoms with Gasteiger partial charge in [0.05, 0.1) is 5.69 Å². The molecule has 0 fully saturated rings. The standard InChI is InChI=1S/C17H15NO5S2/c19-15(20)8-7-11-10-14(12-4-1-2-5-13(12)17(11)21)18-25(22,23)16-6-3-9-24-16/h1-6,9-10,18,21H,7-8H2,(H,19,20). The van der Waals surface area contributed by atoms with Crippen molar-refractivity contribution in [2.45, 2.75) is 17.1 Å². The summed E-state index contributed by atoms with van der Waals surface area (Å²) >= 11 is 1.10. The minimum Gasteiger partial charge on any atom is -0.507 e. The van der Waals surface area contributed by atoms with Crippen LogP contribution in [-0.4, -0.2) is 24.6 Å². The smallest absolute Gasteiger partial charge is 0.303 e. The first-order valence-electron chi connectivity index (χ1n) is 7.40. The molecule has 25 heavy (non-hydrogen) atoms. The van der Waals surface area contributed by atoms with Crippen LogP contribution < -0.4 is 4.72 Å². The number of anilines is 1. The highest BCUT2D eigenvalue weighted by Crippen LogP contribution is 2.36. The monoisotopic (exact) mass is 377 g/mol. The number of carboxylic acids is 1. The van der Waals surface area contributed by atoms with Crippen LogP contribution in [-0.2, 0) is 21.2 Å². The average molecular weight is 377 g/mol. The first kappa shape index (κ1) is 17.2. The average Bonchev–Trinajstić information content (AvgIpc) is 3.11. The fourth-order valence-electron chi connectivity index (χ4n) is 2.55. The summed E-state index contributed by atoms with van der Waals surface area (Å²) in [6.45, 7) is 0. The van der Waals surface area contributed by atoms with E-state index in [0.717, 1.165) is 11.3 Å². The van der Waals surface area contributed by atoms with Crippen LogP contribution in [0.2, 0.25) is 0 Å². The van der Waals surface area contributed by atoms with Crippen LogP contribution in [0.1, 0.15) is 12.0 Å². The number of aromatic hydroxyl groups is 1. The third kappa shape index (κ3) is 3.59. The summed E-state index contributed by atoms with van der Waals surface area (Å²) in [5.41, 5.74) is 0.687. The molecule has 2 aromatic carbocycles. The van der Waals surface area contributed by atoms with Gasteiger partial charge in [-0.3, -0.25) is 9.52 Å². The fourth-order valence-corrected chi connectivity index (χ4v) is 4.61. The Morgan fingerprint density at radius 2 is 1.84 bits per heavy atom. The number of phenolic OH excluding ortho intramolecular Hbond substituents is 1. The Kier molecular flexibility index (Phi) is 4.65. The molecule has 0 aliphatic carbocycles. The summed E-state index contributed by atoms with van der Waals surface area (Å²) in [7, 11) is -3.75. The summed E-state index contributed by atoms with van der Waals surface area (Å²) in [6.07, 6.45) is -0.0667. The number of aliphatic carboxylic acids is 1. The van der Waals surface area contributed by atoms with Gasteiger partial charge in [-0.2, -0.15) is 0 Å². The summed E-state index contributed by atoms with van der Waals surface area (Å²) < 4.78 is 27.7. The lowest BCUT2D eigenvalue weighted by molar-refractivity contribution is -0.136. The van der Waals surface area contributed by atoms with Crippen LogP contribution in [0.15, 0.2) is 52.1 Å². The largest absolute Gasteiger partial charge is 0.507 e. The summed E-state index contributed by atoms with van der Waals surface area (Å²) in [6, 6.07) is 11.5. The Bertz CT molecular complexity index is 1030. The van der Waals surface area contributed by atoms with Crippen molar-refractivity contribution in [2.75, 3.05) is 4.72 Å². The van der Waals surface area contributed by atoms with E-state index in [1.807, 2.05) is 0 Å². The van der Waals surface area contributed by atoms with E-state index < -0.39 is 16.0 Å². The van der Waals surface area contributed by atoms with E-state index in [0.29, 0.717) is 22.0 Å². The maximum absolute atomic E-state index is 12.5. The van der Waals surface area contributed by atoms with Crippen molar-refractivity contribution in [3.63, 3.8) is 0 Å². The Morgan fingerprint density at radius 1 is 1.12 bits per heavy atom. The fraction of sp³-hybridized carbons (Fsp3) is 0.118. The molecule has 1 heterocycles. The van der Waals surface area contributed by atoms with Crippen molar-refractivity contribution in [3.05, 3.63) is 53.4 Å². The minimum atomic E-state index is -3.75. The molecule has 3 N–H and O–H groups in total. The van der Waals surface area contributed by atoms with Crippen LogP contribution in [0, 0.1) is 0 Å². The van der Waals surface area contributed by atoms with E-state index in [-0.39, 0.29) is 22.8 Å². The molecule has 3 aromatic rings. The molecule has 0 aliphatic rings. The molecule has 0 aliphatic heterocycles. The van der Waals surface area contributed by atoms with Gasteiger partial charge in [-0.15, -0.1) is 11.3 Å². The number of rotatable bonds is 6. The number of sulfonamides is 1. The second-order valence-corrected chi connectivity index (χ2v) is 8.27. The summed E-state index contributed by atoms with van der Waals surface area (Å²) in [5.74, 6) is -1.02. The zero-order chi connectivity index (χ0) is 18.0. The molecule has 0 atom stereocenters. The highest BCUT2D eigenvalue weighted by molar-refractivity contribution is 7.94. The number of hydrogen-bond donors (Lipinski definition) is 3. The molecule has 8 heteroatoms. The van der Waals surface area contributed by atoms with Gasteiger partial charge >= 0.3 is 5.97 Å². The highest BCUT2D eigenvalue weighted by atomic mass is 32.2. The van der Waals surface area contributed by atoms with E-state index in [4.69, 9.17) is 5.11 Å². The lowest BCUT2D eigenvalue weighted by atomic mass is 10.0. The molecular formula is C17H15NO5S2. The zero-order valence-electron chi connectivity index (χ0n) is 13.0. The summed E-state index contributed by atoms with van der Waals surface area (Å²) in [5, 5.41) is 21.9. The van der Waals surface area contributed by atoms with Gasteiger partial charge < -0.3 is 10.2 Å². The van der Waals surface area contributed by atoms with E-state index >= 15 is 0 Å². The molecule has 0 radical (unpaired) electrons. The van der Waals surface area contributed by atoms with Gasteiger partial charge in [0.25, 0.3) is 10.0 Å². The first-order chi connectivity index (χ1) is 11.9. The van der Waals surface area contributed by atoms with Gasteiger partial charge in [-0.05, 0) is 29.5 Å². The quantitative estimate of drug-likeness (QED) is 0.571. The number of benzene rings is 2. The number of fused-ring (bicyclic) bond motifs is 1. The van der Waals surface area contributed by atoms with E-state index in [1.54, 1.807) is 35.7 Å². The van der Waals surface area contributed by atoms with E-state index in [2.05, 4.69) is 4.72 Å². The van der Waals surface area contributed by atoms with Crippen LogP contribution in [0.25, 0.3) is 10.8 Å². The maximum atomic E-state index is 12.5. The first-order valence-corrected chi connectivity index (χ1v) is 9.76. The van der Waals surface area contributed by atoms with Crippen molar-refractivity contribution in [3.8, 4) is 5.75 Å². The molecule has 0 unspecified atom stereocenters. The molecule has 1 aromatic heterocycles. The third-order valence-corrected chi connectivity index (χ3v) is 6.47. The van der Waals surface area contributed by atoms with Crippen molar-refractivity contribution in [1.29, 1.82) is 0 Å². The van der Waals surface area contributed by atoms with Gasteiger partial charge in [-0.25, -0.2) is 8.42 Å². The molecule has 0 saturated carbocycles. The Hall–Kier alpha value is -2.58. The van der Waals surface area contributed by atoms with Crippen molar-refractivity contribution in [1.82, 2.24) is 0 Å². The van der Waals surface area contributed by atoms with Crippen LogP contribution in [0.4, 0.5) is 5.69 Å². The number of nitrogens with one attached hydrogen (secondary N) is 1. The Morgan fingerprint density at radius 3 is 2.48 bits per heavy atom. The van der Waals surface area contributed by atoms with Crippen molar-refractivity contribution >= 4 is 43.8 Å². The predicted molar refractivity (Wildman–Crippen MR) is 96.7 cm³/mol. The number of phenols is 1. The van der Waals surface area contributed by atoms with Crippen LogP contribution in [0.5, 0.6) is 5.75 Å². The van der Waals surface area contributed by atoms with Gasteiger partial charge in [0.2, 0.25) is 0 Å². The Balaban J connectivity index is 2.10. The van der Waals surface area contributed by atoms with Crippen LogP contribution in [0.3, 0.4) is 0 Å². The van der Waals surface area contributed by atoms with Gasteiger partial charge in [0.15, 0.2) is 0 Å². The highest BCUT2D eigenvalue weighted by Gasteiger charge is 2.19. The molecule has 3 rings (SSSR count). The number of carboxylic acid groups (broad SMARTS) is 1. The number of hydrogen-bond acceptors (Lipinski definition) is 5. The number of carbonyl (C=O) groups is 1. The number of aryl methyl sites for hydroxylation is 1. The molecule has 0 bridgehead atoms. The van der Waals surface area contributed by atoms with Gasteiger partial charge in [0, 0.05) is 17.2 Å². The minimum absolute atomic E-state index is 0.0316. The van der Waals surface area contributed by atoms with E-state index in [9.17, 15) is 18.3 Å². The number of thiophene rings is 1. The molecular weight excluding hydrogens is 362 g/mol. The normalized spacial score (nSPS) is 11.5. The molecule has 0 amide bonds. The second kappa shape index (κ2) is 6.73. The van der Waals surface area contributed by atoms with E-state index in [1.165, 1.54) is 12.1 Å².